The lowest BCUT2D eigenvalue weighted by Gasteiger charge is -2.04. The first-order valence-corrected chi connectivity index (χ1v) is 5.78. The molecule has 0 unspecified atom stereocenters. The monoisotopic (exact) mass is 208 g/mol. The van der Waals surface area contributed by atoms with Crippen LogP contribution in [0.5, 0.6) is 0 Å². The second-order valence-corrected chi connectivity index (χ2v) is 4.67. The molecule has 0 aliphatic heterocycles. The van der Waals surface area contributed by atoms with E-state index in [9.17, 15) is 0 Å². The van der Waals surface area contributed by atoms with Crippen LogP contribution in [0, 0.1) is 0 Å². The van der Waals surface area contributed by atoms with Crippen LogP contribution in [-0.4, -0.2) is 16.3 Å². The van der Waals surface area contributed by atoms with E-state index in [2.05, 4.69) is 27.7 Å². The van der Waals surface area contributed by atoms with Crippen LogP contribution >= 0.6 is 27.7 Å². The molecule has 0 radical (unpaired) electrons. The Balaban J connectivity index is 1.98. The summed E-state index contributed by atoms with van der Waals surface area (Å²) in [5.41, 5.74) is 0. The highest BCUT2D eigenvalue weighted by molar-refractivity contribution is 9.09. The molecular weight excluding hydrogens is 196 g/mol. The molecule has 1 aliphatic rings. The number of halogens is 1. The van der Waals surface area contributed by atoms with E-state index in [0.29, 0.717) is 0 Å². The number of alkyl halides is 1. The van der Waals surface area contributed by atoms with E-state index < -0.39 is 0 Å². The number of hydrogen-bond acceptors (Lipinski definition) is 1. The second kappa shape index (κ2) is 4.62. The predicted molar refractivity (Wildman–Crippen MR) is 48.5 cm³/mol. The van der Waals surface area contributed by atoms with E-state index in [4.69, 9.17) is 0 Å². The van der Waals surface area contributed by atoms with E-state index in [1.165, 1.54) is 31.4 Å². The van der Waals surface area contributed by atoms with Crippen molar-refractivity contribution in [2.24, 2.45) is 0 Å². The summed E-state index contributed by atoms with van der Waals surface area (Å²) in [6.07, 6.45) is 5.88. The topological polar surface area (TPSA) is 0 Å². The smallest absolute Gasteiger partial charge is 0.0122 e. The normalized spacial score (nSPS) is 21.0. The van der Waals surface area contributed by atoms with E-state index in [-0.39, 0.29) is 0 Å². The molecule has 0 N–H and O–H groups in total. The molecule has 2 heteroatoms. The maximum atomic E-state index is 3.44. The Kier molecular flexibility index (Phi) is 4.07. The van der Waals surface area contributed by atoms with Crippen LogP contribution in [0.4, 0.5) is 0 Å². The van der Waals surface area contributed by atoms with Gasteiger partial charge in [0, 0.05) is 16.3 Å². The van der Waals surface area contributed by atoms with Crippen molar-refractivity contribution >= 4 is 27.7 Å². The highest BCUT2D eigenvalue weighted by Crippen LogP contribution is 2.29. The number of thioether (sulfide) groups is 1. The zero-order valence-corrected chi connectivity index (χ0v) is 8.01. The Labute approximate surface area is 69.9 Å². The van der Waals surface area contributed by atoms with Crippen LogP contribution in [0.3, 0.4) is 0 Å². The van der Waals surface area contributed by atoms with E-state index in [0.717, 1.165) is 10.6 Å². The summed E-state index contributed by atoms with van der Waals surface area (Å²) in [5.74, 6) is 1.30. The Morgan fingerprint density at radius 1 is 1.33 bits per heavy atom. The minimum atomic E-state index is 1.00. The third kappa shape index (κ3) is 2.94. The first-order chi connectivity index (χ1) is 4.43. The van der Waals surface area contributed by atoms with Gasteiger partial charge in [-0.25, -0.2) is 0 Å². The quantitative estimate of drug-likeness (QED) is 0.643. The van der Waals surface area contributed by atoms with Gasteiger partial charge in [-0.3, -0.25) is 0 Å². The fourth-order valence-corrected chi connectivity index (χ4v) is 2.92. The summed E-state index contributed by atoms with van der Waals surface area (Å²) >= 11 is 5.57. The molecular formula is C7H13BrS. The second-order valence-electron chi connectivity index (χ2n) is 2.47. The average molecular weight is 209 g/mol. The molecule has 0 bridgehead atoms. The van der Waals surface area contributed by atoms with Crippen molar-refractivity contribution in [1.29, 1.82) is 0 Å². The first-order valence-electron chi connectivity index (χ1n) is 3.61. The lowest BCUT2D eigenvalue weighted by Crippen LogP contribution is -1.95. The fourth-order valence-electron chi connectivity index (χ4n) is 1.27. The molecule has 9 heavy (non-hydrogen) atoms. The Bertz CT molecular complexity index is 69.3. The zero-order chi connectivity index (χ0) is 6.53. The molecule has 0 aromatic rings. The van der Waals surface area contributed by atoms with Crippen molar-refractivity contribution in [3.8, 4) is 0 Å². The van der Waals surface area contributed by atoms with Crippen LogP contribution in [0.1, 0.15) is 25.7 Å². The molecule has 0 spiro atoms. The molecule has 1 fully saturated rings. The van der Waals surface area contributed by atoms with Crippen LogP contribution in [0.25, 0.3) is 0 Å². The van der Waals surface area contributed by atoms with Gasteiger partial charge in [0.1, 0.15) is 0 Å². The molecule has 1 aliphatic carbocycles. The Hall–Kier alpha value is 0.830. The molecule has 0 aromatic carbocycles. The Morgan fingerprint density at radius 3 is 2.56 bits per heavy atom. The van der Waals surface area contributed by atoms with E-state index >= 15 is 0 Å². The van der Waals surface area contributed by atoms with Crippen molar-refractivity contribution in [2.45, 2.75) is 30.9 Å². The standard InChI is InChI=1S/C7H13BrS/c8-5-6-9-7-3-1-2-4-7/h7H,1-6H2. The van der Waals surface area contributed by atoms with Gasteiger partial charge in [-0.1, -0.05) is 28.8 Å². The third-order valence-corrected chi connectivity index (χ3v) is 4.04. The van der Waals surface area contributed by atoms with Crippen LogP contribution in [0.2, 0.25) is 0 Å². The van der Waals surface area contributed by atoms with Crippen molar-refractivity contribution in [2.75, 3.05) is 11.1 Å². The summed E-state index contributed by atoms with van der Waals surface area (Å²) in [6.45, 7) is 0. The van der Waals surface area contributed by atoms with E-state index in [1.807, 2.05) is 0 Å². The van der Waals surface area contributed by atoms with Crippen LogP contribution < -0.4 is 0 Å². The lowest BCUT2D eigenvalue weighted by atomic mass is 10.4. The van der Waals surface area contributed by atoms with Crippen LogP contribution in [0.15, 0.2) is 0 Å². The summed E-state index contributed by atoms with van der Waals surface area (Å²) in [6, 6.07) is 0. The summed E-state index contributed by atoms with van der Waals surface area (Å²) in [7, 11) is 0. The van der Waals surface area contributed by atoms with Gasteiger partial charge >= 0.3 is 0 Å². The first kappa shape index (κ1) is 7.93. The third-order valence-electron chi connectivity index (χ3n) is 1.73. The Morgan fingerprint density at radius 2 is 2.00 bits per heavy atom. The lowest BCUT2D eigenvalue weighted by molar-refractivity contribution is 0.886. The van der Waals surface area contributed by atoms with Crippen molar-refractivity contribution in [3.63, 3.8) is 0 Å². The van der Waals surface area contributed by atoms with Crippen molar-refractivity contribution < 1.29 is 0 Å². The highest BCUT2D eigenvalue weighted by Gasteiger charge is 2.13. The highest BCUT2D eigenvalue weighted by atomic mass is 79.9. The largest absolute Gasteiger partial charge is 0.158 e. The summed E-state index contributed by atoms with van der Waals surface area (Å²) in [4.78, 5) is 0. The number of rotatable bonds is 3. The minimum absolute atomic E-state index is 1.00. The van der Waals surface area contributed by atoms with Crippen molar-refractivity contribution in [3.05, 3.63) is 0 Å². The number of hydrogen-bond donors (Lipinski definition) is 0. The van der Waals surface area contributed by atoms with Gasteiger partial charge in [-0.05, 0) is 12.8 Å². The molecule has 0 amide bonds. The van der Waals surface area contributed by atoms with Gasteiger partial charge in [-0.15, -0.1) is 0 Å². The van der Waals surface area contributed by atoms with Crippen molar-refractivity contribution in [1.82, 2.24) is 0 Å². The minimum Gasteiger partial charge on any atom is -0.158 e. The van der Waals surface area contributed by atoms with Gasteiger partial charge in [0.05, 0.1) is 0 Å². The maximum absolute atomic E-state index is 3.44. The molecule has 0 nitrogen and oxygen atoms in total. The van der Waals surface area contributed by atoms with E-state index in [1.54, 1.807) is 0 Å². The fraction of sp³-hybridized carbons (Fsp3) is 1.00. The maximum Gasteiger partial charge on any atom is 0.0122 e. The van der Waals surface area contributed by atoms with Gasteiger partial charge in [-0.2, -0.15) is 11.8 Å². The van der Waals surface area contributed by atoms with Gasteiger partial charge in [0.25, 0.3) is 0 Å². The predicted octanol–water partition coefficient (Wildman–Crippen LogP) is 3.06. The summed E-state index contributed by atoms with van der Waals surface area (Å²) in [5, 5.41) is 2.16. The zero-order valence-electron chi connectivity index (χ0n) is 5.61. The SMILES string of the molecule is BrCCSC1CCCC1. The van der Waals surface area contributed by atoms with Gasteiger partial charge in [0.2, 0.25) is 0 Å². The van der Waals surface area contributed by atoms with Gasteiger partial charge in [0.15, 0.2) is 0 Å². The van der Waals surface area contributed by atoms with Gasteiger partial charge < -0.3 is 0 Å². The molecule has 0 saturated heterocycles. The molecule has 1 rings (SSSR count). The van der Waals surface area contributed by atoms with Crippen LogP contribution in [-0.2, 0) is 0 Å². The summed E-state index contributed by atoms with van der Waals surface area (Å²) < 4.78 is 0. The molecule has 0 aromatic heterocycles. The average Bonchev–Trinajstić information content (AvgIpc) is 2.34. The molecule has 0 heterocycles. The molecule has 1 saturated carbocycles. The molecule has 0 atom stereocenters. The molecule has 54 valence electrons.